The van der Waals surface area contributed by atoms with Gasteiger partial charge in [-0.3, -0.25) is 5.32 Å². The van der Waals surface area contributed by atoms with Crippen molar-refractivity contribution < 1.29 is 9.53 Å². The van der Waals surface area contributed by atoms with E-state index >= 15 is 0 Å². The van der Waals surface area contributed by atoms with Gasteiger partial charge in [-0.25, -0.2) is 9.78 Å². The number of rotatable bonds is 4. The summed E-state index contributed by atoms with van der Waals surface area (Å²) in [5.74, 6) is 1.90. The number of carbonyl (C=O) groups excluding carboxylic acids is 1. The van der Waals surface area contributed by atoms with E-state index in [0.717, 1.165) is 11.3 Å². The van der Waals surface area contributed by atoms with Crippen LogP contribution in [0.1, 0.15) is 31.9 Å². The van der Waals surface area contributed by atoms with Crippen LogP contribution in [0.3, 0.4) is 0 Å². The molecule has 0 unspecified atom stereocenters. The van der Waals surface area contributed by atoms with Crippen LogP contribution in [0.2, 0.25) is 0 Å². The maximum absolute atomic E-state index is 12.3. The summed E-state index contributed by atoms with van der Waals surface area (Å²) in [5.41, 5.74) is 2.89. The average Bonchev–Trinajstić information content (AvgIpc) is 2.63. The third kappa shape index (κ3) is 5.33. The summed E-state index contributed by atoms with van der Waals surface area (Å²) < 4.78 is 5.84. The van der Waals surface area contributed by atoms with Gasteiger partial charge in [0.1, 0.15) is 17.3 Å². The molecule has 5 heteroatoms. The van der Waals surface area contributed by atoms with Crippen LogP contribution >= 0.6 is 0 Å². The van der Waals surface area contributed by atoms with Crippen LogP contribution in [0.5, 0.6) is 11.5 Å². The van der Waals surface area contributed by atoms with Crippen LogP contribution < -0.4 is 15.4 Å². The highest BCUT2D eigenvalue weighted by atomic mass is 16.5. The molecule has 0 fully saturated rings. The first-order valence-corrected chi connectivity index (χ1v) is 9.19. The van der Waals surface area contributed by atoms with Gasteiger partial charge in [-0.1, -0.05) is 44.5 Å². The molecule has 0 saturated heterocycles. The van der Waals surface area contributed by atoms with Crippen molar-refractivity contribution in [1.82, 2.24) is 4.98 Å². The first kappa shape index (κ1) is 19.4. The van der Waals surface area contributed by atoms with E-state index in [2.05, 4.69) is 36.4 Å². The zero-order chi connectivity index (χ0) is 20.1. The molecule has 2 aromatic carbocycles. The first-order valence-electron chi connectivity index (χ1n) is 9.19. The maximum atomic E-state index is 12.3. The van der Waals surface area contributed by atoms with Crippen LogP contribution in [0.15, 0.2) is 66.9 Å². The topological polar surface area (TPSA) is 63.2 Å². The molecule has 1 heterocycles. The van der Waals surface area contributed by atoms with E-state index in [1.165, 1.54) is 5.56 Å². The van der Waals surface area contributed by atoms with Gasteiger partial charge in [-0.05, 0) is 54.3 Å². The van der Waals surface area contributed by atoms with Gasteiger partial charge in [0.15, 0.2) is 0 Å². The summed E-state index contributed by atoms with van der Waals surface area (Å²) in [5, 5.41) is 5.59. The van der Waals surface area contributed by atoms with Gasteiger partial charge < -0.3 is 10.1 Å². The summed E-state index contributed by atoms with van der Waals surface area (Å²) >= 11 is 0. The third-order valence-corrected chi connectivity index (χ3v) is 4.22. The van der Waals surface area contributed by atoms with Crippen LogP contribution in [0.4, 0.5) is 16.3 Å². The van der Waals surface area contributed by atoms with E-state index in [1.54, 1.807) is 18.3 Å². The number of ether oxygens (including phenoxy) is 1. The summed E-state index contributed by atoms with van der Waals surface area (Å²) in [7, 11) is 0. The molecule has 0 aliphatic rings. The number of benzene rings is 2. The van der Waals surface area contributed by atoms with Crippen molar-refractivity contribution in [2.45, 2.75) is 33.1 Å². The van der Waals surface area contributed by atoms with E-state index in [0.29, 0.717) is 17.3 Å². The number of aryl methyl sites for hydroxylation is 1. The van der Waals surface area contributed by atoms with Gasteiger partial charge >= 0.3 is 6.03 Å². The Morgan fingerprint density at radius 2 is 1.68 bits per heavy atom. The molecule has 28 heavy (non-hydrogen) atoms. The zero-order valence-corrected chi connectivity index (χ0v) is 16.6. The predicted molar refractivity (Wildman–Crippen MR) is 113 cm³/mol. The second-order valence-corrected chi connectivity index (χ2v) is 7.70. The molecule has 1 aromatic heterocycles. The molecule has 2 N–H and O–H groups in total. The van der Waals surface area contributed by atoms with E-state index in [-0.39, 0.29) is 11.4 Å². The largest absolute Gasteiger partial charge is 0.457 e. The fraction of sp³-hybridized carbons (Fsp3) is 0.217. The normalized spacial score (nSPS) is 11.0. The fourth-order valence-corrected chi connectivity index (χ4v) is 2.62. The molecule has 2 amide bonds. The predicted octanol–water partition coefficient (Wildman–Crippen LogP) is 6.12. The van der Waals surface area contributed by atoms with E-state index in [1.807, 2.05) is 55.5 Å². The van der Waals surface area contributed by atoms with Crippen molar-refractivity contribution >= 4 is 17.5 Å². The van der Waals surface area contributed by atoms with Crippen molar-refractivity contribution in [2.75, 3.05) is 10.6 Å². The van der Waals surface area contributed by atoms with Crippen LogP contribution in [-0.4, -0.2) is 11.0 Å². The van der Waals surface area contributed by atoms with E-state index in [4.69, 9.17) is 4.74 Å². The minimum absolute atomic E-state index is 0.0164. The highest BCUT2D eigenvalue weighted by molar-refractivity contribution is 5.99. The SMILES string of the molecule is Cc1ccc(Oc2cccc(NC(=O)Nc3cc(C(C)(C)C)ccn3)c2)cc1. The summed E-state index contributed by atoms with van der Waals surface area (Å²) in [6, 6.07) is 18.5. The Labute approximate surface area is 165 Å². The molecule has 3 rings (SSSR count). The zero-order valence-electron chi connectivity index (χ0n) is 16.6. The smallest absolute Gasteiger partial charge is 0.324 e. The highest BCUT2D eigenvalue weighted by Crippen LogP contribution is 2.25. The first-order chi connectivity index (χ1) is 13.3. The van der Waals surface area contributed by atoms with Crippen molar-refractivity contribution in [3.05, 3.63) is 78.0 Å². The average molecular weight is 375 g/mol. The number of nitrogens with one attached hydrogen (secondary N) is 2. The minimum atomic E-state index is -0.356. The van der Waals surface area contributed by atoms with Crippen LogP contribution in [0, 0.1) is 6.92 Å². The van der Waals surface area contributed by atoms with Crippen molar-refractivity contribution in [1.29, 1.82) is 0 Å². The molecule has 3 aromatic rings. The second-order valence-electron chi connectivity index (χ2n) is 7.70. The number of anilines is 2. The van der Waals surface area contributed by atoms with Crippen molar-refractivity contribution in [3.8, 4) is 11.5 Å². The van der Waals surface area contributed by atoms with Gasteiger partial charge in [0, 0.05) is 18.0 Å². The quantitative estimate of drug-likeness (QED) is 0.577. The Morgan fingerprint density at radius 1 is 0.929 bits per heavy atom. The molecule has 0 saturated carbocycles. The van der Waals surface area contributed by atoms with E-state index < -0.39 is 0 Å². The number of aromatic nitrogens is 1. The summed E-state index contributed by atoms with van der Waals surface area (Å²) in [6.45, 7) is 8.38. The monoisotopic (exact) mass is 375 g/mol. The minimum Gasteiger partial charge on any atom is -0.457 e. The van der Waals surface area contributed by atoms with Gasteiger partial charge in [0.2, 0.25) is 0 Å². The Hall–Kier alpha value is -3.34. The molecular weight excluding hydrogens is 350 g/mol. The number of hydrogen-bond donors (Lipinski definition) is 2. The number of pyridine rings is 1. The van der Waals surface area contributed by atoms with Gasteiger partial charge in [0.25, 0.3) is 0 Å². The molecule has 5 nitrogen and oxygen atoms in total. The standard InChI is InChI=1S/C23H25N3O2/c1-16-8-10-19(11-9-16)28-20-7-5-6-18(15-20)25-22(27)26-21-14-17(12-13-24-21)23(2,3)4/h5-15H,1-4H3,(H2,24,25,26,27). The lowest BCUT2D eigenvalue weighted by atomic mass is 9.88. The highest BCUT2D eigenvalue weighted by Gasteiger charge is 2.15. The Balaban J connectivity index is 1.65. The number of carbonyl (C=O) groups is 1. The molecule has 0 spiro atoms. The number of hydrogen-bond acceptors (Lipinski definition) is 3. The molecule has 0 bridgehead atoms. The van der Waals surface area contributed by atoms with Crippen molar-refractivity contribution in [3.63, 3.8) is 0 Å². The Bertz CT molecular complexity index is 960. The number of amides is 2. The third-order valence-electron chi connectivity index (χ3n) is 4.22. The lowest BCUT2D eigenvalue weighted by Gasteiger charge is -2.19. The Morgan fingerprint density at radius 3 is 2.39 bits per heavy atom. The lowest BCUT2D eigenvalue weighted by Crippen LogP contribution is -2.21. The Kier molecular flexibility index (Phi) is 5.64. The second kappa shape index (κ2) is 8.13. The molecular formula is C23H25N3O2. The van der Waals surface area contributed by atoms with Crippen LogP contribution in [0.25, 0.3) is 0 Å². The molecule has 0 atom stereocenters. The summed E-state index contributed by atoms with van der Waals surface area (Å²) in [4.78, 5) is 16.6. The lowest BCUT2D eigenvalue weighted by molar-refractivity contribution is 0.262. The van der Waals surface area contributed by atoms with Crippen LogP contribution in [-0.2, 0) is 5.41 Å². The number of urea groups is 1. The maximum Gasteiger partial charge on any atom is 0.324 e. The van der Waals surface area contributed by atoms with E-state index in [9.17, 15) is 4.79 Å². The molecule has 0 aliphatic carbocycles. The van der Waals surface area contributed by atoms with Gasteiger partial charge in [0.05, 0.1) is 0 Å². The van der Waals surface area contributed by atoms with Gasteiger partial charge in [-0.2, -0.15) is 0 Å². The van der Waals surface area contributed by atoms with Gasteiger partial charge in [-0.15, -0.1) is 0 Å². The summed E-state index contributed by atoms with van der Waals surface area (Å²) in [6.07, 6.45) is 1.70. The fourth-order valence-electron chi connectivity index (χ4n) is 2.62. The molecule has 0 radical (unpaired) electrons. The number of nitrogens with zero attached hydrogens (tertiary/aromatic N) is 1. The molecule has 0 aliphatic heterocycles. The van der Waals surface area contributed by atoms with Crippen molar-refractivity contribution in [2.24, 2.45) is 0 Å². The molecule has 144 valence electrons.